The van der Waals surface area contributed by atoms with E-state index in [2.05, 4.69) is 22.1 Å². The molecule has 1 fully saturated rings. The Morgan fingerprint density at radius 1 is 1.21 bits per heavy atom. The summed E-state index contributed by atoms with van der Waals surface area (Å²) in [5.41, 5.74) is 9.77. The van der Waals surface area contributed by atoms with Gasteiger partial charge < -0.3 is 15.8 Å². The van der Waals surface area contributed by atoms with E-state index in [1.165, 1.54) is 0 Å². The number of fused-ring (bicyclic) bond motifs is 2. The number of aromatic nitrogens is 4. The number of para-hydroxylation sites is 1. The lowest BCUT2D eigenvalue weighted by atomic mass is 9.81. The molecular formula is C21H21N5O2. The summed E-state index contributed by atoms with van der Waals surface area (Å²) in [6, 6.07) is 10.2. The number of aromatic amines is 1. The summed E-state index contributed by atoms with van der Waals surface area (Å²) < 4.78 is 2.02. The minimum atomic E-state index is -0.696. The van der Waals surface area contributed by atoms with Gasteiger partial charge in [0.25, 0.3) is 0 Å². The highest BCUT2D eigenvalue weighted by Crippen LogP contribution is 2.38. The number of hydrogen-bond acceptors (Lipinski definition) is 4. The zero-order valence-electron chi connectivity index (χ0n) is 15.3. The van der Waals surface area contributed by atoms with Crippen LogP contribution < -0.4 is 5.73 Å². The highest BCUT2D eigenvalue weighted by molar-refractivity contribution is 5.91. The number of nitrogens with one attached hydrogen (secondary N) is 1. The molecule has 7 nitrogen and oxygen atoms in total. The number of hydrogen-bond donors (Lipinski definition) is 3. The molecule has 1 saturated carbocycles. The van der Waals surface area contributed by atoms with Crippen LogP contribution in [-0.4, -0.2) is 30.4 Å². The molecule has 5 rings (SSSR count). The van der Waals surface area contributed by atoms with E-state index in [-0.39, 0.29) is 11.8 Å². The van der Waals surface area contributed by atoms with Gasteiger partial charge in [0.15, 0.2) is 0 Å². The van der Waals surface area contributed by atoms with E-state index in [0.29, 0.717) is 18.7 Å². The van der Waals surface area contributed by atoms with E-state index in [1.807, 2.05) is 28.8 Å². The fraction of sp³-hybridized carbons (Fsp3) is 0.286. The Kier molecular flexibility index (Phi) is 3.82. The molecule has 0 amide bonds. The first-order valence-electron chi connectivity index (χ1n) is 9.55. The number of nitrogen functional groups attached to an aromatic ring is 1. The summed E-state index contributed by atoms with van der Waals surface area (Å²) >= 11 is 0. The molecule has 0 spiro atoms. The number of benzene rings is 1. The van der Waals surface area contributed by atoms with Gasteiger partial charge in [-0.1, -0.05) is 18.2 Å². The van der Waals surface area contributed by atoms with Crippen LogP contribution in [0, 0.1) is 5.92 Å². The Bertz CT molecular complexity index is 1150. The summed E-state index contributed by atoms with van der Waals surface area (Å²) in [5.74, 6) is 0.639. The summed E-state index contributed by atoms with van der Waals surface area (Å²) in [6.07, 6.45) is 6.55. The normalized spacial score (nSPS) is 20.0. The average molecular weight is 375 g/mol. The molecule has 0 atom stereocenters. The van der Waals surface area contributed by atoms with Crippen molar-refractivity contribution in [3.8, 4) is 11.4 Å². The van der Waals surface area contributed by atoms with E-state index >= 15 is 0 Å². The molecule has 0 bridgehead atoms. The van der Waals surface area contributed by atoms with Crippen molar-refractivity contribution >= 4 is 28.2 Å². The van der Waals surface area contributed by atoms with Crippen LogP contribution in [0.1, 0.15) is 37.4 Å². The quantitative estimate of drug-likeness (QED) is 0.504. The van der Waals surface area contributed by atoms with E-state index < -0.39 is 5.97 Å². The number of rotatable bonds is 3. The zero-order chi connectivity index (χ0) is 19.3. The Hall–Kier alpha value is -3.35. The van der Waals surface area contributed by atoms with Gasteiger partial charge in [0, 0.05) is 29.2 Å². The van der Waals surface area contributed by atoms with Gasteiger partial charge in [0.05, 0.1) is 11.6 Å². The number of carbonyl (C=O) groups is 1. The van der Waals surface area contributed by atoms with Gasteiger partial charge in [0.1, 0.15) is 22.9 Å². The van der Waals surface area contributed by atoms with Crippen LogP contribution in [0.5, 0.6) is 0 Å². The topological polar surface area (TPSA) is 109 Å². The highest BCUT2D eigenvalue weighted by Gasteiger charge is 2.30. The van der Waals surface area contributed by atoms with Gasteiger partial charge in [-0.05, 0) is 37.8 Å². The second kappa shape index (κ2) is 6.37. The fourth-order valence-electron chi connectivity index (χ4n) is 4.36. The number of aliphatic carboxylic acids is 1. The molecule has 0 aliphatic heterocycles. The molecule has 1 aliphatic rings. The van der Waals surface area contributed by atoms with Crippen molar-refractivity contribution in [2.75, 3.05) is 5.73 Å². The third-order valence-corrected chi connectivity index (χ3v) is 5.84. The average Bonchev–Trinajstić information content (AvgIpc) is 3.30. The first kappa shape index (κ1) is 16.8. The van der Waals surface area contributed by atoms with Gasteiger partial charge in [-0.25, -0.2) is 9.97 Å². The standard InChI is InChI=1S/C21H21N5O2/c22-19-18-17(16-11-14-3-1-2-4-15(14)24-16)25-20(26(18)10-9-23-19)12-5-7-13(8-6-12)21(27)28/h1-4,9-13,24H,5-8H2,(H2,22,23)(H,27,28)/t12-,13-. The minimum absolute atomic E-state index is 0.211. The second-order valence-electron chi connectivity index (χ2n) is 7.51. The predicted octanol–water partition coefficient (Wildman–Crippen LogP) is 3.82. The van der Waals surface area contributed by atoms with Crippen molar-refractivity contribution in [2.45, 2.75) is 31.6 Å². The van der Waals surface area contributed by atoms with Crippen LogP contribution in [-0.2, 0) is 4.79 Å². The Morgan fingerprint density at radius 2 is 2.00 bits per heavy atom. The van der Waals surface area contributed by atoms with Crippen molar-refractivity contribution < 1.29 is 9.90 Å². The Morgan fingerprint density at radius 3 is 2.75 bits per heavy atom. The molecule has 7 heteroatoms. The molecule has 0 radical (unpaired) electrons. The number of nitrogens with two attached hydrogens (primary N) is 1. The number of nitrogens with zero attached hydrogens (tertiary/aromatic N) is 3. The zero-order valence-corrected chi connectivity index (χ0v) is 15.3. The van der Waals surface area contributed by atoms with Crippen LogP contribution in [0.25, 0.3) is 27.8 Å². The molecule has 3 heterocycles. The maximum Gasteiger partial charge on any atom is 0.306 e. The summed E-state index contributed by atoms with van der Waals surface area (Å²) in [7, 11) is 0. The minimum Gasteiger partial charge on any atom is -0.481 e. The first-order valence-corrected chi connectivity index (χ1v) is 9.55. The number of imidazole rings is 1. The van der Waals surface area contributed by atoms with Gasteiger partial charge in [-0.3, -0.25) is 9.20 Å². The molecule has 0 unspecified atom stereocenters. The molecule has 4 aromatic rings. The van der Waals surface area contributed by atoms with Gasteiger partial charge in [-0.15, -0.1) is 0 Å². The number of anilines is 1. The number of carboxylic acid groups (broad SMARTS) is 1. The van der Waals surface area contributed by atoms with Crippen LogP contribution in [0.3, 0.4) is 0 Å². The monoisotopic (exact) mass is 375 g/mol. The van der Waals surface area contributed by atoms with Crippen LogP contribution >= 0.6 is 0 Å². The van der Waals surface area contributed by atoms with Gasteiger partial charge in [0.2, 0.25) is 0 Å². The van der Waals surface area contributed by atoms with E-state index in [9.17, 15) is 9.90 Å². The van der Waals surface area contributed by atoms with Crippen LogP contribution in [0.4, 0.5) is 5.82 Å². The first-order chi connectivity index (χ1) is 13.6. The van der Waals surface area contributed by atoms with Crippen molar-refractivity contribution in [1.82, 2.24) is 19.4 Å². The van der Waals surface area contributed by atoms with E-state index in [4.69, 9.17) is 10.7 Å². The Balaban J connectivity index is 1.62. The predicted molar refractivity (Wildman–Crippen MR) is 107 cm³/mol. The Labute approximate surface area is 161 Å². The smallest absolute Gasteiger partial charge is 0.306 e. The summed E-state index contributed by atoms with van der Waals surface area (Å²) in [6.45, 7) is 0. The molecule has 1 aromatic carbocycles. The molecule has 0 saturated heterocycles. The lowest BCUT2D eigenvalue weighted by molar-refractivity contribution is -0.142. The van der Waals surface area contributed by atoms with Gasteiger partial charge >= 0.3 is 5.97 Å². The number of H-pyrrole nitrogens is 1. The van der Waals surface area contributed by atoms with Crippen molar-refractivity contribution in [2.24, 2.45) is 5.92 Å². The lowest BCUT2D eigenvalue weighted by Gasteiger charge is -2.25. The molecule has 28 heavy (non-hydrogen) atoms. The third kappa shape index (κ3) is 2.62. The molecular weight excluding hydrogens is 354 g/mol. The van der Waals surface area contributed by atoms with Crippen molar-refractivity contribution in [1.29, 1.82) is 0 Å². The second-order valence-corrected chi connectivity index (χ2v) is 7.51. The summed E-state index contributed by atoms with van der Waals surface area (Å²) in [4.78, 5) is 24.0. The third-order valence-electron chi connectivity index (χ3n) is 5.84. The molecule has 142 valence electrons. The largest absolute Gasteiger partial charge is 0.481 e. The van der Waals surface area contributed by atoms with E-state index in [1.54, 1.807) is 6.20 Å². The van der Waals surface area contributed by atoms with Crippen LogP contribution in [0.15, 0.2) is 42.7 Å². The van der Waals surface area contributed by atoms with Crippen LogP contribution in [0.2, 0.25) is 0 Å². The number of carboxylic acids is 1. The SMILES string of the molecule is Nc1nccn2c1c(-c1cc3ccccc3[nH]1)nc2[C@H]1CC[C@H](C(=O)O)CC1. The van der Waals surface area contributed by atoms with Crippen molar-refractivity contribution in [3.63, 3.8) is 0 Å². The maximum absolute atomic E-state index is 11.3. The fourth-order valence-corrected chi connectivity index (χ4v) is 4.36. The van der Waals surface area contributed by atoms with Crippen molar-refractivity contribution in [3.05, 3.63) is 48.5 Å². The summed E-state index contributed by atoms with van der Waals surface area (Å²) in [5, 5.41) is 10.4. The highest BCUT2D eigenvalue weighted by atomic mass is 16.4. The lowest BCUT2D eigenvalue weighted by Crippen LogP contribution is -2.21. The van der Waals surface area contributed by atoms with Gasteiger partial charge in [-0.2, -0.15) is 0 Å². The molecule has 4 N–H and O–H groups in total. The van der Waals surface area contributed by atoms with E-state index in [0.717, 1.165) is 46.5 Å². The maximum atomic E-state index is 11.3. The molecule has 1 aliphatic carbocycles. The molecule has 3 aromatic heterocycles.